The summed E-state index contributed by atoms with van der Waals surface area (Å²) in [4.78, 5) is 27.1. The summed E-state index contributed by atoms with van der Waals surface area (Å²) in [7, 11) is -3.50. The van der Waals surface area contributed by atoms with E-state index in [0.29, 0.717) is 5.56 Å². The van der Waals surface area contributed by atoms with Crippen molar-refractivity contribution in [1.82, 2.24) is 4.98 Å². The summed E-state index contributed by atoms with van der Waals surface area (Å²) in [5.74, 6) is -3.17. The maximum Gasteiger partial charge on any atom is 0.433 e. The zero-order chi connectivity index (χ0) is 23.2. The minimum Gasteiger partial charge on any atom is -0.480 e. The normalized spacial score (nSPS) is 16.4. The summed E-state index contributed by atoms with van der Waals surface area (Å²) in [5.41, 5.74) is -2.32. The van der Waals surface area contributed by atoms with Crippen molar-refractivity contribution < 1.29 is 41.4 Å². The summed E-state index contributed by atoms with van der Waals surface area (Å²) >= 11 is 0. The van der Waals surface area contributed by atoms with E-state index < -0.39 is 51.9 Å². The number of allylic oxidation sites excluding steroid dienone is 2. The zero-order valence-electron chi connectivity index (χ0n) is 16.0. The van der Waals surface area contributed by atoms with Crippen molar-refractivity contribution in [2.45, 2.75) is 23.9 Å². The van der Waals surface area contributed by atoms with E-state index in [2.05, 4.69) is 4.98 Å². The van der Waals surface area contributed by atoms with Crippen LogP contribution in [0.1, 0.15) is 29.7 Å². The predicted octanol–water partition coefficient (Wildman–Crippen LogP) is 3.36. The topological polar surface area (TPSA) is 122 Å². The molecule has 1 aromatic carbocycles. The molecule has 0 radical (unpaired) electrons. The highest BCUT2D eigenvalue weighted by atomic mass is 32.2. The van der Waals surface area contributed by atoms with Crippen LogP contribution in [0.3, 0.4) is 0 Å². The molecule has 0 spiro atoms. The van der Waals surface area contributed by atoms with E-state index in [4.69, 9.17) is 0 Å². The molecule has 0 bridgehead atoms. The number of carboxylic acid groups (broad SMARTS) is 2. The standard InChI is InChI=1S/C20H16F3NO6S/c1-31(29,30)13-5-2-11(3-6-13)14-8-19(17(25)26,18(27)28)9-15(14)12-4-7-16(24-10-12)20(21,22)23/h2-7,10H,8-9H2,1H3,(H,25,26)(H,27,28). The van der Waals surface area contributed by atoms with Crippen LogP contribution in [0.15, 0.2) is 47.5 Å². The average molecular weight is 455 g/mol. The highest BCUT2D eigenvalue weighted by Gasteiger charge is 2.52. The molecule has 2 aromatic rings. The highest BCUT2D eigenvalue weighted by Crippen LogP contribution is 2.50. The third-order valence-electron chi connectivity index (χ3n) is 5.17. The van der Waals surface area contributed by atoms with Crippen LogP contribution in [-0.2, 0) is 25.6 Å². The monoisotopic (exact) mass is 455 g/mol. The van der Waals surface area contributed by atoms with Gasteiger partial charge in [-0.25, -0.2) is 8.42 Å². The van der Waals surface area contributed by atoms with Gasteiger partial charge in [-0.05, 0) is 40.5 Å². The Hall–Kier alpha value is -3.21. The lowest BCUT2D eigenvalue weighted by Crippen LogP contribution is -2.37. The van der Waals surface area contributed by atoms with Gasteiger partial charge in [-0.3, -0.25) is 14.6 Å². The van der Waals surface area contributed by atoms with Gasteiger partial charge >= 0.3 is 18.1 Å². The molecule has 1 aromatic heterocycles. The number of aliphatic carboxylic acids is 2. The fourth-order valence-corrected chi connectivity index (χ4v) is 4.10. The first-order chi connectivity index (χ1) is 14.3. The number of aromatic nitrogens is 1. The van der Waals surface area contributed by atoms with Crippen LogP contribution >= 0.6 is 0 Å². The lowest BCUT2D eigenvalue weighted by Gasteiger charge is -2.19. The molecule has 2 N–H and O–H groups in total. The Morgan fingerprint density at radius 3 is 1.81 bits per heavy atom. The average Bonchev–Trinajstić information content (AvgIpc) is 3.09. The molecule has 1 aliphatic carbocycles. The van der Waals surface area contributed by atoms with Gasteiger partial charge in [0.05, 0.1) is 4.90 Å². The second-order valence-corrected chi connectivity index (χ2v) is 9.25. The summed E-state index contributed by atoms with van der Waals surface area (Å²) in [6.07, 6.45) is -3.63. The van der Waals surface area contributed by atoms with Crippen LogP contribution in [0.4, 0.5) is 13.2 Å². The number of nitrogens with zero attached hydrogens (tertiary/aromatic N) is 1. The fraction of sp³-hybridized carbons (Fsp3) is 0.250. The smallest absolute Gasteiger partial charge is 0.433 e. The fourth-order valence-electron chi connectivity index (χ4n) is 3.47. The summed E-state index contributed by atoms with van der Waals surface area (Å²) < 4.78 is 61.8. The maximum atomic E-state index is 12.8. The number of pyridine rings is 1. The van der Waals surface area contributed by atoms with Crippen LogP contribution < -0.4 is 0 Å². The first-order valence-electron chi connectivity index (χ1n) is 8.78. The Morgan fingerprint density at radius 1 is 0.935 bits per heavy atom. The van der Waals surface area contributed by atoms with Gasteiger partial charge in [0, 0.05) is 25.3 Å². The minimum absolute atomic E-state index is 0.00956. The largest absolute Gasteiger partial charge is 0.480 e. The molecule has 0 fully saturated rings. The minimum atomic E-state index is -4.67. The molecule has 7 nitrogen and oxygen atoms in total. The number of hydrogen-bond acceptors (Lipinski definition) is 5. The van der Waals surface area contributed by atoms with Gasteiger partial charge in [0.15, 0.2) is 15.3 Å². The van der Waals surface area contributed by atoms with Crippen LogP contribution in [0.2, 0.25) is 0 Å². The molecule has 0 aliphatic heterocycles. The number of hydrogen-bond donors (Lipinski definition) is 2. The lowest BCUT2D eigenvalue weighted by atomic mass is 9.83. The molecule has 0 amide bonds. The van der Waals surface area contributed by atoms with Crippen molar-refractivity contribution in [2.24, 2.45) is 5.41 Å². The number of halogens is 3. The third-order valence-corrected chi connectivity index (χ3v) is 6.30. The quantitative estimate of drug-likeness (QED) is 0.663. The number of alkyl halides is 3. The molecule has 0 unspecified atom stereocenters. The molecular weight excluding hydrogens is 439 g/mol. The SMILES string of the molecule is CS(=O)(=O)c1ccc(C2=C(c3ccc(C(F)(F)F)nc3)CC(C(=O)O)(C(=O)O)C2)cc1. The Labute approximate surface area is 174 Å². The molecule has 3 rings (SSSR count). The van der Waals surface area contributed by atoms with Gasteiger partial charge in [-0.15, -0.1) is 0 Å². The first kappa shape index (κ1) is 22.5. The van der Waals surface area contributed by atoms with Crippen molar-refractivity contribution in [1.29, 1.82) is 0 Å². The Balaban J connectivity index is 2.15. The van der Waals surface area contributed by atoms with Crippen molar-refractivity contribution in [3.63, 3.8) is 0 Å². The number of carboxylic acids is 2. The molecule has 0 saturated heterocycles. The van der Waals surface area contributed by atoms with Crippen molar-refractivity contribution >= 4 is 32.9 Å². The van der Waals surface area contributed by atoms with E-state index in [1.165, 1.54) is 24.3 Å². The molecule has 0 saturated carbocycles. The van der Waals surface area contributed by atoms with Crippen LogP contribution in [0, 0.1) is 5.41 Å². The van der Waals surface area contributed by atoms with E-state index in [0.717, 1.165) is 24.6 Å². The van der Waals surface area contributed by atoms with Gasteiger partial charge in [-0.2, -0.15) is 13.2 Å². The van der Waals surface area contributed by atoms with E-state index >= 15 is 0 Å². The van der Waals surface area contributed by atoms with Gasteiger partial charge in [0.25, 0.3) is 0 Å². The van der Waals surface area contributed by atoms with Gasteiger partial charge in [0.1, 0.15) is 5.69 Å². The van der Waals surface area contributed by atoms with Gasteiger partial charge in [-0.1, -0.05) is 18.2 Å². The van der Waals surface area contributed by atoms with Crippen LogP contribution in [0.25, 0.3) is 11.1 Å². The molecule has 0 atom stereocenters. The second kappa shape index (κ2) is 7.49. The number of carbonyl (C=O) groups is 2. The van der Waals surface area contributed by atoms with Crippen LogP contribution in [-0.4, -0.2) is 41.8 Å². The van der Waals surface area contributed by atoms with E-state index in [9.17, 15) is 41.4 Å². The zero-order valence-corrected chi connectivity index (χ0v) is 16.8. The third kappa shape index (κ3) is 4.18. The Kier molecular flexibility index (Phi) is 5.43. The lowest BCUT2D eigenvalue weighted by molar-refractivity contribution is -0.163. The van der Waals surface area contributed by atoms with Crippen molar-refractivity contribution in [3.05, 3.63) is 59.4 Å². The molecule has 11 heteroatoms. The summed E-state index contributed by atoms with van der Waals surface area (Å²) in [6.45, 7) is 0. The van der Waals surface area contributed by atoms with Crippen molar-refractivity contribution in [2.75, 3.05) is 6.26 Å². The van der Waals surface area contributed by atoms with E-state index in [1.807, 2.05) is 0 Å². The highest BCUT2D eigenvalue weighted by molar-refractivity contribution is 7.90. The van der Waals surface area contributed by atoms with Gasteiger partial charge in [0.2, 0.25) is 0 Å². The number of rotatable bonds is 5. The van der Waals surface area contributed by atoms with Crippen molar-refractivity contribution in [3.8, 4) is 0 Å². The van der Waals surface area contributed by atoms with E-state index in [-0.39, 0.29) is 21.6 Å². The van der Waals surface area contributed by atoms with Gasteiger partial charge < -0.3 is 10.2 Å². The number of sulfone groups is 1. The first-order valence-corrected chi connectivity index (χ1v) is 10.7. The second-order valence-electron chi connectivity index (χ2n) is 7.23. The van der Waals surface area contributed by atoms with E-state index in [1.54, 1.807) is 0 Å². The molecule has 1 aliphatic rings. The maximum absolute atomic E-state index is 12.8. The molecule has 1 heterocycles. The Bertz CT molecular complexity index is 1170. The number of benzene rings is 1. The summed E-state index contributed by atoms with van der Waals surface area (Å²) in [6, 6.07) is 7.24. The summed E-state index contributed by atoms with van der Waals surface area (Å²) in [5, 5.41) is 19.2. The Morgan fingerprint density at radius 2 is 1.42 bits per heavy atom. The molecule has 31 heavy (non-hydrogen) atoms. The predicted molar refractivity (Wildman–Crippen MR) is 103 cm³/mol. The molecule has 164 valence electrons. The molecular formula is C20H16F3NO6S. The van der Waals surface area contributed by atoms with Crippen LogP contribution in [0.5, 0.6) is 0 Å².